The highest BCUT2D eigenvalue weighted by Crippen LogP contribution is 2.18. The second-order valence-corrected chi connectivity index (χ2v) is 3.70. The molecule has 1 aromatic rings. The van der Waals surface area contributed by atoms with E-state index in [-0.39, 0.29) is 5.50 Å². The molecule has 0 N–H and O–H groups in total. The van der Waals surface area contributed by atoms with Gasteiger partial charge in [0.15, 0.2) is 0 Å². The maximum absolute atomic E-state index is 10.5. The third kappa shape index (κ3) is 2.48. The molecule has 0 saturated carbocycles. The van der Waals surface area contributed by atoms with Gasteiger partial charge in [-0.25, -0.2) is 0 Å². The molecule has 1 unspecified atom stereocenters. The number of rotatable bonds is 4. The van der Waals surface area contributed by atoms with Crippen LogP contribution in [0.4, 0.5) is 5.69 Å². The van der Waals surface area contributed by atoms with Gasteiger partial charge < -0.3 is 4.90 Å². The molecule has 0 amide bonds. The lowest BCUT2D eigenvalue weighted by Crippen LogP contribution is -2.28. The van der Waals surface area contributed by atoms with Gasteiger partial charge in [0.1, 0.15) is 11.8 Å². The van der Waals surface area contributed by atoms with Gasteiger partial charge >= 0.3 is 0 Å². The molecular weight excluding hydrogens is 198 g/mol. The van der Waals surface area contributed by atoms with Gasteiger partial charge in [-0.2, -0.15) is 0 Å². The van der Waals surface area contributed by atoms with Gasteiger partial charge in [0.2, 0.25) is 0 Å². The van der Waals surface area contributed by atoms with Crippen LogP contribution in [-0.2, 0) is 0 Å². The normalized spacial score (nSPS) is 12.2. The molecule has 1 aromatic carbocycles. The number of benzene rings is 1. The van der Waals surface area contributed by atoms with Gasteiger partial charge in [-0.3, -0.25) is 4.79 Å². The van der Waals surface area contributed by atoms with Crippen LogP contribution in [0.1, 0.15) is 24.2 Å². The van der Waals surface area contributed by atoms with E-state index in [4.69, 9.17) is 11.6 Å². The topological polar surface area (TPSA) is 20.3 Å². The maximum Gasteiger partial charge on any atom is 0.150 e. The largest absolute Gasteiger partial charge is 0.356 e. The van der Waals surface area contributed by atoms with E-state index in [0.717, 1.165) is 18.5 Å². The maximum atomic E-state index is 10.5. The van der Waals surface area contributed by atoms with Crippen molar-refractivity contribution in [3.05, 3.63) is 29.8 Å². The quantitative estimate of drug-likeness (QED) is 0.434. The fourth-order valence-corrected chi connectivity index (χ4v) is 1.63. The Balaban J connectivity index is 2.89. The third-order valence-corrected chi connectivity index (χ3v) is 2.37. The van der Waals surface area contributed by atoms with Gasteiger partial charge in [0.25, 0.3) is 0 Å². The number of hydrogen-bond acceptors (Lipinski definition) is 2. The summed E-state index contributed by atoms with van der Waals surface area (Å²) in [5.41, 5.74) is 1.69. The zero-order chi connectivity index (χ0) is 10.6. The Kier molecular flexibility index (Phi) is 3.96. The summed E-state index contributed by atoms with van der Waals surface area (Å²) in [6, 6.07) is 7.41. The van der Waals surface area contributed by atoms with Crippen molar-refractivity contribution in [2.24, 2.45) is 0 Å². The molecule has 0 aliphatic heterocycles. The van der Waals surface area contributed by atoms with Crippen molar-refractivity contribution in [2.45, 2.75) is 19.3 Å². The van der Waals surface area contributed by atoms with Gasteiger partial charge in [0.05, 0.1) is 0 Å². The Morgan fingerprint density at radius 2 is 2.00 bits per heavy atom. The summed E-state index contributed by atoms with van der Waals surface area (Å²) in [6.07, 6.45) is 0.837. The zero-order valence-corrected chi connectivity index (χ0v) is 9.16. The van der Waals surface area contributed by atoms with E-state index < -0.39 is 0 Å². The van der Waals surface area contributed by atoms with Crippen molar-refractivity contribution in [3.8, 4) is 0 Å². The second kappa shape index (κ2) is 5.01. The molecule has 14 heavy (non-hydrogen) atoms. The highest BCUT2D eigenvalue weighted by Gasteiger charge is 2.08. The summed E-state index contributed by atoms with van der Waals surface area (Å²) in [6.45, 7) is 4.83. The first-order chi connectivity index (χ1) is 6.69. The van der Waals surface area contributed by atoms with Crippen LogP contribution in [0.25, 0.3) is 0 Å². The van der Waals surface area contributed by atoms with Crippen molar-refractivity contribution in [1.82, 2.24) is 0 Å². The van der Waals surface area contributed by atoms with E-state index >= 15 is 0 Å². The van der Waals surface area contributed by atoms with Crippen LogP contribution in [0, 0.1) is 0 Å². The van der Waals surface area contributed by atoms with Gasteiger partial charge in [-0.05, 0) is 38.1 Å². The Morgan fingerprint density at radius 1 is 1.43 bits per heavy atom. The fraction of sp³-hybridized carbons (Fsp3) is 0.364. The zero-order valence-electron chi connectivity index (χ0n) is 8.40. The van der Waals surface area contributed by atoms with E-state index in [1.54, 1.807) is 12.1 Å². The minimum absolute atomic E-state index is 0.0397. The first-order valence-electron chi connectivity index (χ1n) is 4.65. The Labute approximate surface area is 89.5 Å². The number of nitrogens with zero attached hydrogens (tertiary/aromatic N) is 1. The minimum atomic E-state index is -0.0397. The molecule has 0 bridgehead atoms. The average Bonchev–Trinajstić information content (AvgIpc) is 2.19. The number of carbonyl (C=O) groups is 1. The number of anilines is 1. The molecule has 0 heterocycles. The van der Waals surface area contributed by atoms with Crippen molar-refractivity contribution >= 4 is 23.6 Å². The molecule has 0 saturated heterocycles. The van der Waals surface area contributed by atoms with Crippen molar-refractivity contribution in [1.29, 1.82) is 0 Å². The van der Waals surface area contributed by atoms with Crippen molar-refractivity contribution in [2.75, 3.05) is 11.4 Å². The van der Waals surface area contributed by atoms with Crippen LogP contribution in [0.3, 0.4) is 0 Å². The second-order valence-electron chi connectivity index (χ2n) is 3.07. The molecule has 1 atom stereocenters. The molecule has 0 aromatic heterocycles. The summed E-state index contributed by atoms with van der Waals surface area (Å²) in [5.74, 6) is 0. The molecule has 0 radical (unpaired) electrons. The SMILES string of the molecule is CCN(c1ccc(C=O)cc1)C(C)Cl. The molecule has 1 rings (SSSR count). The van der Waals surface area contributed by atoms with Gasteiger partial charge in [-0.15, -0.1) is 0 Å². The van der Waals surface area contributed by atoms with Crippen LogP contribution >= 0.6 is 11.6 Å². The Bertz CT molecular complexity index is 295. The first-order valence-corrected chi connectivity index (χ1v) is 5.08. The molecule has 0 aliphatic rings. The first kappa shape index (κ1) is 11.1. The number of carbonyl (C=O) groups excluding carboxylic acids is 1. The lowest BCUT2D eigenvalue weighted by molar-refractivity contribution is 0.112. The Morgan fingerprint density at radius 3 is 2.36 bits per heavy atom. The molecular formula is C11H14ClNO. The summed E-state index contributed by atoms with van der Waals surface area (Å²) in [4.78, 5) is 12.5. The van der Waals surface area contributed by atoms with E-state index in [1.807, 2.05) is 26.0 Å². The lowest BCUT2D eigenvalue weighted by Gasteiger charge is -2.25. The van der Waals surface area contributed by atoms with Gasteiger partial charge in [0, 0.05) is 17.8 Å². The van der Waals surface area contributed by atoms with Gasteiger partial charge in [-0.1, -0.05) is 11.6 Å². The van der Waals surface area contributed by atoms with E-state index in [2.05, 4.69) is 4.90 Å². The van der Waals surface area contributed by atoms with Crippen LogP contribution in [0.2, 0.25) is 0 Å². The van der Waals surface area contributed by atoms with E-state index in [0.29, 0.717) is 5.56 Å². The van der Waals surface area contributed by atoms with Crippen molar-refractivity contribution < 1.29 is 4.79 Å². The van der Waals surface area contributed by atoms with Crippen LogP contribution in [-0.4, -0.2) is 18.3 Å². The number of hydrogen-bond donors (Lipinski definition) is 0. The summed E-state index contributed by atoms with van der Waals surface area (Å²) >= 11 is 6.01. The average molecular weight is 212 g/mol. The predicted octanol–water partition coefficient (Wildman–Crippen LogP) is 2.91. The standard InChI is InChI=1S/C11H14ClNO/c1-3-13(9(2)12)11-6-4-10(8-14)5-7-11/h4-9H,3H2,1-2H3. The highest BCUT2D eigenvalue weighted by atomic mass is 35.5. The third-order valence-electron chi connectivity index (χ3n) is 2.13. The molecule has 0 spiro atoms. The monoisotopic (exact) mass is 211 g/mol. The lowest BCUT2D eigenvalue weighted by atomic mass is 10.2. The van der Waals surface area contributed by atoms with Crippen molar-refractivity contribution in [3.63, 3.8) is 0 Å². The molecule has 3 heteroatoms. The molecule has 0 fully saturated rings. The number of alkyl halides is 1. The summed E-state index contributed by atoms with van der Waals surface area (Å²) in [5, 5.41) is 0. The van der Waals surface area contributed by atoms with Crippen LogP contribution in [0.5, 0.6) is 0 Å². The molecule has 76 valence electrons. The number of aldehydes is 1. The molecule has 2 nitrogen and oxygen atoms in total. The predicted molar refractivity (Wildman–Crippen MR) is 60.2 cm³/mol. The van der Waals surface area contributed by atoms with E-state index in [9.17, 15) is 4.79 Å². The van der Waals surface area contributed by atoms with Crippen LogP contribution in [0.15, 0.2) is 24.3 Å². The molecule has 0 aliphatic carbocycles. The smallest absolute Gasteiger partial charge is 0.150 e. The fourth-order valence-electron chi connectivity index (χ4n) is 1.38. The number of halogens is 1. The van der Waals surface area contributed by atoms with Crippen LogP contribution < -0.4 is 4.90 Å². The summed E-state index contributed by atoms with van der Waals surface area (Å²) < 4.78 is 0. The minimum Gasteiger partial charge on any atom is -0.356 e. The Hall–Kier alpha value is -1.02. The van der Waals surface area contributed by atoms with E-state index in [1.165, 1.54) is 0 Å². The highest BCUT2D eigenvalue weighted by molar-refractivity contribution is 6.21. The summed E-state index contributed by atoms with van der Waals surface area (Å²) in [7, 11) is 0.